The Morgan fingerprint density at radius 1 is 1.44 bits per heavy atom. The predicted octanol–water partition coefficient (Wildman–Crippen LogP) is 2.54. The summed E-state index contributed by atoms with van der Waals surface area (Å²) in [4.78, 5) is 13.4. The van der Waals surface area contributed by atoms with Gasteiger partial charge in [-0.05, 0) is 37.5 Å². The van der Waals surface area contributed by atoms with Gasteiger partial charge in [0.15, 0.2) is 9.84 Å². The van der Waals surface area contributed by atoms with Crippen LogP contribution in [-0.2, 0) is 16.9 Å². The van der Waals surface area contributed by atoms with E-state index in [0.29, 0.717) is 29.1 Å². The van der Waals surface area contributed by atoms with Crippen LogP contribution in [-0.4, -0.2) is 41.9 Å². The number of carbonyl (C=O) groups is 1. The first-order valence-corrected chi connectivity index (χ1v) is 10.5. The Kier molecular flexibility index (Phi) is 4.86. The average molecular weight is 389 g/mol. The molecule has 1 aromatic heterocycles. The summed E-state index contributed by atoms with van der Waals surface area (Å²) in [6.07, 6.45) is 4.61. The normalized spacial score (nSPS) is 14.2. The van der Waals surface area contributed by atoms with E-state index >= 15 is 0 Å². The molecule has 7 nitrogen and oxygen atoms in total. The summed E-state index contributed by atoms with van der Waals surface area (Å²) in [7, 11) is -1.89. The summed E-state index contributed by atoms with van der Waals surface area (Å²) in [5.74, 6) is -0.346. The van der Waals surface area contributed by atoms with Gasteiger partial charge in [0.2, 0.25) is 11.7 Å². The number of benzene rings is 1. The number of aromatic nitrogens is 2. The molecule has 3 rings (SSSR count). The van der Waals surface area contributed by atoms with Crippen molar-refractivity contribution >= 4 is 21.3 Å². The molecular formula is C19H23N3O4S. The summed E-state index contributed by atoms with van der Waals surface area (Å²) in [5, 5.41) is 17.7. The van der Waals surface area contributed by atoms with Crippen molar-refractivity contribution in [2.75, 3.05) is 18.1 Å². The Labute approximate surface area is 158 Å². The molecule has 0 amide bonds. The maximum absolute atomic E-state index is 13.2. The van der Waals surface area contributed by atoms with Crippen molar-refractivity contribution in [2.24, 2.45) is 7.05 Å². The quantitative estimate of drug-likeness (QED) is 0.557. The van der Waals surface area contributed by atoms with E-state index < -0.39 is 9.84 Å². The minimum Gasteiger partial charge on any atom is -0.493 e. The zero-order chi connectivity index (χ0) is 19.9. The van der Waals surface area contributed by atoms with Gasteiger partial charge in [-0.25, -0.2) is 13.1 Å². The second kappa shape index (κ2) is 6.84. The third kappa shape index (κ3) is 3.49. The lowest BCUT2D eigenvalue weighted by atomic mass is 9.96. The smallest absolute Gasteiger partial charge is 0.220 e. The fourth-order valence-electron chi connectivity index (χ4n) is 3.17. The maximum Gasteiger partial charge on any atom is 0.220 e. The molecule has 1 saturated carbocycles. The Balaban J connectivity index is 2.15. The summed E-state index contributed by atoms with van der Waals surface area (Å²) >= 11 is 0. The summed E-state index contributed by atoms with van der Waals surface area (Å²) < 4.78 is 25.6. The molecule has 2 N–H and O–H groups in total. The van der Waals surface area contributed by atoms with Crippen LogP contribution in [0, 0.1) is 6.92 Å². The van der Waals surface area contributed by atoms with Crippen LogP contribution in [0.25, 0.3) is 0 Å². The third-order valence-electron chi connectivity index (χ3n) is 4.73. The third-order valence-corrected chi connectivity index (χ3v) is 5.87. The van der Waals surface area contributed by atoms with Crippen LogP contribution >= 0.6 is 0 Å². The van der Waals surface area contributed by atoms with Crippen LogP contribution in [0.15, 0.2) is 29.7 Å². The van der Waals surface area contributed by atoms with Gasteiger partial charge in [0.05, 0.1) is 16.3 Å². The number of sulfone groups is 1. The molecule has 144 valence electrons. The van der Waals surface area contributed by atoms with E-state index in [1.807, 2.05) is 0 Å². The molecule has 27 heavy (non-hydrogen) atoms. The Morgan fingerprint density at radius 3 is 2.67 bits per heavy atom. The second-order valence-corrected chi connectivity index (χ2v) is 8.85. The van der Waals surface area contributed by atoms with Crippen LogP contribution in [0.3, 0.4) is 0 Å². The van der Waals surface area contributed by atoms with Crippen molar-refractivity contribution in [1.82, 2.24) is 9.78 Å². The molecule has 0 unspecified atom stereocenters. The predicted molar refractivity (Wildman–Crippen MR) is 103 cm³/mol. The molecule has 0 radical (unpaired) electrons. The number of aromatic hydroxyl groups is 1. The number of aryl methyl sites for hydroxylation is 1. The fourth-order valence-corrected chi connectivity index (χ4v) is 4.08. The highest BCUT2D eigenvalue weighted by Crippen LogP contribution is 2.44. The molecule has 0 spiro atoms. The van der Waals surface area contributed by atoms with Gasteiger partial charge >= 0.3 is 0 Å². The zero-order valence-corrected chi connectivity index (χ0v) is 16.4. The van der Waals surface area contributed by atoms with Gasteiger partial charge in [0.1, 0.15) is 5.56 Å². The standard InChI is InChI=1S/C19H23N3O4S/c1-5-10-20-16-11(2)13(8-9-14(16)27(4,25)26)18(23)15-17(12-6-7-12)21-22(3)19(15)24/h5,8-9,12,20,24H,1,6-7,10H2,2-4H3. The van der Waals surface area contributed by atoms with Crippen LogP contribution < -0.4 is 5.32 Å². The van der Waals surface area contributed by atoms with E-state index in [4.69, 9.17) is 0 Å². The molecule has 1 aliphatic carbocycles. The molecule has 1 fully saturated rings. The van der Waals surface area contributed by atoms with E-state index in [-0.39, 0.29) is 28.0 Å². The number of rotatable bonds is 7. The van der Waals surface area contributed by atoms with Crippen molar-refractivity contribution in [1.29, 1.82) is 0 Å². The highest BCUT2D eigenvalue weighted by atomic mass is 32.2. The maximum atomic E-state index is 13.2. The molecule has 2 aromatic rings. The van der Waals surface area contributed by atoms with Crippen molar-refractivity contribution < 1.29 is 18.3 Å². The van der Waals surface area contributed by atoms with Gasteiger partial charge in [-0.3, -0.25) is 4.79 Å². The number of hydrogen-bond acceptors (Lipinski definition) is 6. The Morgan fingerprint density at radius 2 is 2.11 bits per heavy atom. The molecule has 0 atom stereocenters. The van der Waals surface area contributed by atoms with E-state index in [2.05, 4.69) is 17.0 Å². The molecule has 1 heterocycles. The van der Waals surface area contributed by atoms with Crippen LogP contribution in [0.1, 0.15) is 45.9 Å². The van der Waals surface area contributed by atoms with Crippen molar-refractivity contribution in [3.05, 3.63) is 47.2 Å². The fraction of sp³-hybridized carbons (Fsp3) is 0.368. The molecular weight excluding hydrogens is 366 g/mol. The van der Waals surface area contributed by atoms with Gasteiger partial charge in [-0.15, -0.1) is 6.58 Å². The van der Waals surface area contributed by atoms with Crippen LogP contribution in [0.4, 0.5) is 5.69 Å². The highest BCUT2D eigenvalue weighted by Gasteiger charge is 2.35. The number of nitrogens with zero attached hydrogens (tertiary/aromatic N) is 2. The SMILES string of the molecule is C=CCNc1c(S(C)(=O)=O)ccc(C(=O)c2c(C3CC3)nn(C)c2O)c1C. The molecule has 8 heteroatoms. The van der Waals surface area contributed by atoms with Crippen molar-refractivity contribution in [2.45, 2.75) is 30.6 Å². The molecule has 0 saturated heterocycles. The molecule has 0 bridgehead atoms. The Bertz CT molecular complexity index is 1030. The highest BCUT2D eigenvalue weighted by molar-refractivity contribution is 7.90. The average Bonchev–Trinajstić information content (AvgIpc) is 3.39. The van der Waals surface area contributed by atoms with E-state index in [1.54, 1.807) is 20.0 Å². The first-order valence-electron chi connectivity index (χ1n) is 8.65. The van der Waals surface area contributed by atoms with E-state index in [1.165, 1.54) is 16.8 Å². The number of nitrogens with one attached hydrogen (secondary N) is 1. The first-order chi connectivity index (χ1) is 12.7. The molecule has 1 aromatic carbocycles. The number of ketones is 1. The summed E-state index contributed by atoms with van der Waals surface area (Å²) in [5.41, 5.74) is 2.02. The van der Waals surface area contributed by atoms with Gasteiger partial charge in [-0.1, -0.05) is 6.08 Å². The van der Waals surface area contributed by atoms with Gasteiger partial charge < -0.3 is 10.4 Å². The Hall–Kier alpha value is -2.61. The lowest BCUT2D eigenvalue weighted by Crippen LogP contribution is -2.12. The second-order valence-electron chi connectivity index (χ2n) is 6.86. The number of hydrogen-bond donors (Lipinski definition) is 2. The largest absolute Gasteiger partial charge is 0.493 e. The monoisotopic (exact) mass is 389 g/mol. The summed E-state index contributed by atoms with van der Waals surface area (Å²) in [6.45, 7) is 5.68. The molecule has 1 aliphatic rings. The lowest BCUT2D eigenvalue weighted by Gasteiger charge is -2.16. The number of carbonyl (C=O) groups excluding carboxylic acids is 1. The van der Waals surface area contributed by atoms with Crippen molar-refractivity contribution in [3.63, 3.8) is 0 Å². The van der Waals surface area contributed by atoms with Gasteiger partial charge in [0, 0.05) is 31.3 Å². The molecule has 0 aliphatic heterocycles. The minimum atomic E-state index is -3.48. The van der Waals surface area contributed by atoms with Gasteiger partial charge in [-0.2, -0.15) is 5.10 Å². The van der Waals surface area contributed by atoms with Crippen molar-refractivity contribution in [3.8, 4) is 5.88 Å². The number of anilines is 1. The van der Waals surface area contributed by atoms with E-state index in [9.17, 15) is 18.3 Å². The van der Waals surface area contributed by atoms with Crippen LogP contribution in [0.5, 0.6) is 5.88 Å². The minimum absolute atomic E-state index is 0.122. The van der Waals surface area contributed by atoms with Gasteiger partial charge in [0.25, 0.3) is 0 Å². The topological polar surface area (TPSA) is 101 Å². The zero-order valence-electron chi connectivity index (χ0n) is 15.6. The summed E-state index contributed by atoms with van der Waals surface area (Å²) in [6, 6.07) is 2.92. The lowest BCUT2D eigenvalue weighted by molar-refractivity contribution is 0.103. The van der Waals surface area contributed by atoms with Crippen LogP contribution in [0.2, 0.25) is 0 Å². The van der Waals surface area contributed by atoms with E-state index in [0.717, 1.165) is 19.1 Å². The first kappa shape index (κ1) is 19.2.